The highest BCUT2D eigenvalue weighted by Crippen LogP contribution is 2.33. The van der Waals surface area contributed by atoms with Crippen LogP contribution in [0.1, 0.15) is 6.42 Å². The van der Waals surface area contributed by atoms with E-state index in [2.05, 4.69) is 14.9 Å². The molecular weight excluding hydrogens is 386 g/mol. The van der Waals surface area contributed by atoms with Crippen molar-refractivity contribution in [3.8, 4) is 11.4 Å². The van der Waals surface area contributed by atoms with Gasteiger partial charge in [0.25, 0.3) is 0 Å². The standard InChI is InChI=1S/C22H19N5O.ClH/c1-2-7-16(8-3-1)21-25-19-17-9-4-5-10-18(17)28-20(19)22(26-21)24-11-6-13-27-14-12-23-15-27;/h1-5,7-10,12,14-15H,6,11,13H2,(H,24,25,26);1H. The summed E-state index contributed by atoms with van der Waals surface area (Å²) in [7, 11) is 0. The Labute approximate surface area is 174 Å². The Hall–Kier alpha value is -3.38. The second-order valence-electron chi connectivity index (χ2n) is 6.67. The monoisotopic (exact) mass is 405 g/mol. The molecule has 0 saturated carbocycles. The van der Waals surface area contributed by atoms with Gasteiger partial charge in [-0.3, -0.25) is 4.98 Å². The van der Waals surface area contributed by atoms with Gasteiger partial charge >= 0.3 is 0 Å². The number of hydrogen-bond donors (Lipinski definition) is 2. The normalized spacial score (nSPS) is 10.9. The third kappa shape index (κ3) is 3.79. The smallest absolute Gasteiger partial charge is 0.241 e. The summed E-state index contributed by atoms with van der Waals surface area (Å²) in [6, 6.07) is 18.0. The van der Waals surface area contributed by atoms with Crippen molar-refractivity contribution in [2.24, 2.45) is 0 Å². The Bertz CT molecular complexity index is 1220. The van der Waals surface area contributed by atoms with Gasteiger partial charge in [-0.25, -0.2) is 14.5 Å². The second kappa shape index (κ2) is 8.32. The van der Waals surface area contributed by atoms with Crippen LogP contribution in [0.15, 0.2) is 77.7 Å². The summed E-state index contributed by atoms with van der Waals surface area (Å²) in [5.41, 5.74) is 3.35. The van der Waals surface area contributed by atoms with E-state index in [4.69, 9.17) is 14.4 Å². The summed E-state index contributed by atoms with van der Waals surface area (Å²) in [4.78, 5) is 12.6. The first-order chi connectivity index (χ1) is 13.9. The van der Waals surface area contributed by atoms with Crippen molar-refractivity contribution in [1.82, 2.24) is 15.0 Å². The van der Waals surface area contributed by atoms with Crippen LogP contribution >= 0.6 is 0 Å². The van der Waals surface area contributed by atoms with Crippen molar-refractivity contribution in [3.63, 3.8) is 0 Å². The largest absolute Gasteiger partial charge is 1.00 e. The summed E-state index contributed by atoms with van der Waals surface area (Å²) in [5, 5.41) is 4.46. The minimum atomic E-state index is 0. The number of para-hydroxylation sites is 1. The van der Waals surface area contributed by atoms with Gasteiger partial charge in [0.2, 0.25) is 6.33 Å². The number of hydrogen-bond acceptors (Lipinski definition) is 4. The fraction of sp³-hybridized carbons (Fsp3) is 0.136. The molecule has 0 aliphatic rings. The van der Waals surface area contributed by atoms with Gasteiger partial charge in [-0.05, 0) is 12.1 Å². The van der Waals surface area contributed by atoms with Crippen LogP contribution in [0.3, 0.4) is 0 Å². The second-order valence-corrected chi connectivity index (χ2v) is 6.67. The highest BCUT2D eigenvalue weighted by Gasteiger charge is 2.16. The molecule has 6 nitrogen and oxygen atoms in total. The lowest BCUT2D eigenvalue weighted by molar-refractivity contribution is -0.695. The van der Waals surface area contributed by atoms with Gasteiger partial charge < -0.3 is 22.1 Å². The van der Waals surface area contributed by atoms with E-state index in [1.54, 1.807) is 0 Å². The lowest BCUT2D eigenvalue weighted by Crippen LogP contribution is -3.00. The minimum absolute atomic E-state index is 0. The molecule has 5 rings (SSSR count). The van der Waals surface area contributed by atoms with Crippen LogP contribution in [0.5, 0.6) is 0 Å². The number of aromatic nitrogens is 4. The Kier molecular flexibility index (Phi) is 5.44. The molecule has 2 N–H and O–H groups in total. The lowest BCUT2D eigenvalue weighted by Gasteiger charge is -2.08. The van der Waals surface area contributed by atoms with Gasteiger partial charge in [0.15, 0.2) is 17.2 Å². The quantitative estimate of drug-likeness (QED) is 0.328. The lowest BCUT2D eigenvalue weighted by atomic mass is 10.2. The van der Waals surface area contributed by atoms with Crippen LogP contribution < -0.4 is 22.3 Å². The average molecular weight is 406 g/mol. The molecular formula is C22H20ClN5O. The first-order valence-corrected chi connectivity index (χ1v) is 9.39. The van der Waals surface area contributed by atoms with Gasteiger partial charge in [-0.1, -0.05) is 42.5 Å². The molecule has 5 aromatic rings. The molecule has 0 unspecified atom stereocenters. The zero-order valence-corrected chi connectivity index (χ0v) is 16.4. The topological polar surface area (TPSA) is 70.6 Å². The number of fused-ring (bicyclic) bond motifs is 3. The van der Waals surface area contributed by atoms with E-state index >= 15 is 0 Å². The molecule has 0 fully saturated rings. The molecule has 2 aromatic carbocycles. The fourth-order valence-corrected chi connectivity index (χ4v) is 3.36. The summed E-state index contributed by atoms with van der Waals surface area (Å²) >= 11 is 0. The number of aryl methyl sites for hydroxylation is 1. The summed E-state index contributed by atoms with van der Waals surface area (Å²) in [6.45, 7) is 1.71. The van der Waals surface area contributed by atoms with Gasteiger partial charge in [0.05, 0.1) is 6.54 Å². The number of benzene rings is 2. The van der Waals surface area contributed by atoms with E-state index in [1.807, 2.05) is 73.3 Å². The number of aromatic amines is 1. The van der Waals surface area contributed by atoms with Crippen LogP contribution in [0.2, 0.25) is 0 Å². The minimum Gasteiger partial charge on any atom is -1.00 e. The number of rotatable bonds is 6. The molecule has 0 spiro atoms. The molecule has 0 amide bonds. The Morgan fingerprint density at radius 3 is 2.66 bits per heavy atom. The van der Waals surface area contributed by atoms with E-state index in [0.29, 0.717) is 11.4 Å². The van der Waals surface area contributed by atoms with Crippen molar-refractivity contribution in [1.29, 1.82) is 0 Å². The highest BCUT2D eigenvalue weighted by molar-refractivity contribution is 6.06. The molecule has 0 aliphatic carbocycles. The molecule has 3 heterocycles. The van der Waals surface area contributed by atoms with Crippen LogP contribution in [0.25, 0.3) is 33.5 Å². The first-order valence-electron chi connectivity index (χ1n) is 9.39. The Morgan fingerprint density at radius 1 is 1.00 bits per heavy atom. The number of halogens is 1. The van der Waals surface area contributed by atoms with Gasteiger partial charge in [-0.15, -0.1) is 0 Å². The predicted octanol–water partition coefficient (Wildman–Crippen LogP) is 1.16. The maximum absolute atomic E-state index is 6.08. The number of nitrogens with one attached hydrogen (secondary N) is 2. The van der Waals surface area contributed by atoms with Crippen molar-refractivity contribution < 1.29 is 21.4 Å². The van der Waals surface area contributed by atoms with Crippen molar-refractivity contribution >= 4 is 27.9 Å². The molecule has 0 atom stereocenters. The van der Waals surface area contributed by atoms with E-state index in [9.17, 15) is 0 Å². The summed E-state index contributed by atoms with van der Waals surface area (Å²) in [6.07, 6.45) is 6.86. The highest BCUT2D eigenvalue weighted by atomic mass is 35.5. The molecule has 0 aliphatic heterocycles. The van der Waals surface area contributed by atoms with Crippen LogP contribution in [0.4, 0.5) is 5.82 Å². The van der Waals surface area contributed by atoms with Crippen LogP contribution in [0, 0.1) is 0 Å². The Balaban J connectivity index is 0.00000205. The average Bonchev–Trinajstić information content (AvgIpc) is 3.39. The third-order valence-electron chi connectivity index (χ3n) is 4.74. The predicted molar refractivity (Wildman–Crippen MR) is 109 cm³/mol. The van der Waals surface area contributed by atoms with Gasteiger partial charge in [0, 0.05) is 23.9 Å². The van der Waals surface area contributed by atoms with Gasteiger partial charge in [0.1, 0.15) is 23.5 Å². The molecule has 29 heavy (non-hydrogen) atoms. The van der Waals surface area contributed by atoms with E-state index in [-0.39, 0.29) is 12.4 Å². The molecule has 7 heteroatoms. The first kappa shape index (κ1) is 19.0. The molecule has 3 aromatic heterocycles. The number of furan rings is 1. The van der Waals surface area contributed by atoms with Crippen molar-refractivity contribution in [3.05, 3.63) is 73.3 Å². The maximum atomic E-state index is 6.08. The van der Waals surface area contributed by atoms with Crippen LogP contribution in [-0.4, -0.2) is 21.5 Å². The fourth-order valence-electron chi connectivity index (χ4n) is 3.36. The van der Waals surface area contributed by atoms with Crippen LogP contribution in [-0.2, 0) is 6.54 Å². The van der Waals surface area contributed by atoms with Crippen molar-refractivity contribution in [2.75, 3.05) is 11.9 Å². The molecule has 0 saturated heterocycles. The van der Waals surface area contributed by atoms with Crippen molar-refractivity contribution in [2.45, 2.75) is 13.0 Å². The SMILES string of the molecule is [Cl-].c1ccc(-c2nc(NCCC[n+]3cc[nH]c3)c3oc4ccccc4c3n2)cc1. The van der Waals surface area contributed by atoms with E-state index in [1.165, 1.54) is 0 Å². The number of anilines is 1. The number of nitrogens with zero attached hydrogens (tertiary/aromatic N) is 3. The molecule has 0 radical (unpaired) electrons. The Morgan fingerprint density at radius 2 is 1.83 bits per heavy atom. The van der Waals surface area contributed by atoms with Gasteiger partial charge in [-0.2, -0.15) is 0 Å². The molecule has 146 valence electrons. The zero-order chi connectivity index (χ0) is 18.8. The summed E-state index contributed by atoms with van der Waals surface area (Å²) in [5.74, 6) is 1.43. The zero-order valence-electron chi connectivity index (χ0n) is 15.7. The van der Waals surface area contributed by atoms with E-state index < -0.39 is 0 Å². The summed E-state index contributed by atoms with van der Waals surface area (Å²) < 4.78 is 8.20. The van der Waals surface area contributed by atoms with E-state index in [0.717, 1.165) is 47.4 Å². The third-order valence-corrected chi connectivity index (χ3v) is 4.74. The maximum Gasteiger partial charge on any atom is 0.241 e. The number of H-pyrrole nitrogens is 1. The number of imidazole rings is 1. The molecule has 0 bridgehead atoms.